The molecule has 1 aliphatic carbocycles. The third-order valence-corrected chi connectivity index (χ3v) is 9.13. The van der Waals surface area contributed by atoms with Crippen molar-refractivity contribution in [1.82, 2.24) is 4.90 Å². The summed E-state index contributed by atoms with van der Waals surface area (Å²) in [6.45, 7) is 21.4. The molecule has 0 N–H and O–H groups in total. The third kappa shape index (κ3) is 7.83. The average Bonchev–Trinajstić information content (AvgIpc) is 3.26. The fourth-order valence-corrected chi connectivity index (χ4v) is 6.67. The summed E-state index contributed by atoms with van der Waals surface area (Å²) in [5.74, 6) is 1.34. The minimum Gasteiger partial charge on any atom is -0.494 e. The van der Waals surface area contributed by atoms with Gasteiger partial charge in [0.05, 0.1) is 24.0 Å². The number of carbonyl (C=O) groups is 1. The highest BCUT2D eigenvalue weighted by molar-refractivity contribution is 6.03. The van der Waals surface area contributed by atoms with E-state index in [0.717, 1.165) is 38.0 Å². The maximum absolute atomic E-state index is 12.6. The highest BCUT2D eigenvalue weighted by Gasteiger charge is 2.49. The Hall–Kier alpha value is -2.66. The monoisotopic (exact) mass is 574 g/mol. The Bertz CT molecular complexity index is 1210. The van der Waals surface area contributed by atoms with Gasteiger partial charge in [-0.2, -0.15) is 0 Å². The molecule has 0 aromatic heterocycles. The first-order chi connectivity index (χ1) is 19.7. The molecule has 2 aromatic rings. The zero-order valence-corrected chi connectivity index (χ0v) is 27.6. The second-order valence-corrected chi connectivity index (χ2v) is 15.0. The molecule has 0 bridgehead atoms. The Balaban J connectivity index is 1.71. The van der Waals surface area contributed by atoms with E-state index in [1.54, 1.807) is 0 Å². The van der Waals surface area contributed by atoms with E-state index in [4.69, 9.17) is 14.5 Å². The average molecular weight is 575 g/mol. The van der Waals surface area contributed by atoms with Gasteiger partial charge >= 0.3 is 5.97 Å². The lowest BCUT2D eigenvalue weighted by atomic mass is 9.69. The van der Waals surface area contributed by atoms with Gasteiger partial charge in [-0.05, 0) is 124 Å². The molecule has 1 unspecified atom stereocenters. The number of ether oxygens (including phenoxy) is 2. The van der Waals surface area contributed by atoms with Crippen molar-refractivity contribution in [3.05, 3.63) is 65.2 Å². The van der Waals surface area contributed by atoms with Gasteiger partial charge in [0.25, 0.3) is 0 Å². The van der Waals surface area contributed by atoms with Crippen molar-refractivity contribution < 1.29 is 14.3 Å². The molecule has 2 aliphatic rings. The number of esters is 1. The molecule has 4 rings (SSSR count). The van der Waals surface area contributed by atoms with Gasteiger partial charge < -0.3 is 9.47 Å². The molecule has 42 heavy (non-hydrogen) atoms. The highest BCUT2D eigenvalue weighted by Crippen LogP contribution is 2.50. The minimum atomic E-state index is -0.262. The molecule has 1 aliphatic heterocycles. The molecule has 1 saturated carbocycles. The highest BCUT2D eigenvalue weighted by atomic mass is 16.5. The molecule has 2 aromatic carbocycles. The molecule has 0 radical (unpaired) electrons. The van der Waals surface area contributed by atoms with Gasteiger partial charge in [-0.3, -0.25) is 9.89 Å². The summed E-state index contributed by atoms with van der Waals surface area (Å²) in [4.78, 5) is 20.9. The first kappa shape index (κ1) is 32.3. The van der Waals surface area contributed by atoms with Crippen LogP contribution in [0.2, 0.25) is 0 Å². The van der Waals surface area contributed by atoms with Crippen LogP contribution >= 0.6 is 0 Å². The number of hydrogen-bond acceptors (Lipinski definition) is 5. The first-order valence-corrected chi connectivity index (χ1v) is 16.1. The molecule has 1 heterocycles. The quantitative estimate of drug-likeness (QED) is 0.280. The molecule has 5 nitrogen and oxygen atoms in total. The van der Waals surface area contributed by atoms with Crippen LogP contribution in [-0.2, 0) is 4.74 Å². The van der Waals surface area contributed by atoms with E-state index >= 15 is 0 Å². The molecule has 1 atom stereocenters. The Morgan fingerprint density at radius 2 is 1.60 bits per heavy atom. The van der Waals surface area contributed by atoms with Crippen LogP contribution < -0.4 is 4.74 Å². The molecule has 1 spiro atoms. The minimum absolute atomic E-state index is 0.137. The van der Waals surface area contributed by atoms with Crippen molar-refractivity contribution in [1.29, 1.82) is 0 Å². The topological polar surface area (TPSA) is 51.1 Å². The maximum Gasteiger partial charge on any atom is 0.338 e. The predicted molar refractivity (Wildman–Crippen MR) is 173 cm³/mol. The van der Waals surface area contributed by atoms with Crippen molar-refractivity contribution in [2.75, 3.05) is 13.2 Å². The van der Waals surface area contributed by atoms with Gasteiger partial charge in [-0.25, -0.2) is 4.79 Å². The van der Waals surface area contributed by atoms with Crippen molar-refractivity contribution >= 4 is 11.7 Å². The lowest BCUT2D eigenvalue weighted by Gasteiger charge is -2.48. The Morgan fingerprint density at radius 3 is 2.12 bits per heavy atom. The van der Waals surface area contributed by atoms with Crippen LogP contribution in [0.15, 0.2) is 53.5 Å². The molecule has 5 heteroatoms. The summed E-state index contributed by atoms with van der Waals surface area (Å²) in [6, 6.07) is 16.9. The van der Waals surface area contributed by atoms with Crippen LogP contribution in [0, 0.1) is 16.7 Å². The molecule has 1 fully saturated rings. The number of rotatable bonds is 9. The van der Waals surface area contributed by atoms with E-state index in [0.29, 0.717) is 23.5 Å². The van der Waals surface area contributed by atoms with Gasteiger partial charge in [-0.15, -0.1) is 0 Å². The van der Waals surface area contributed by atoms with E-state index in [2.05, 4.69) is 82.8 Å². The summed E-state index contributed by atoms with van der Waals surface area (Å²) in [6.07, 6.45) is 6.52. The van der Waals surface area contributed by atoms with E-state index in [1.807, 2.05) is 32.9 Å². The Morgan fingerprint density at radius 1 is 0.976 bits per heavy atom. The van der Waals surface area contributed by atoms with Crippen LogP contribution in [0.5, 0.6) is 5.75 Å². The summed E-state index contributed by atoms with van der Waals surface area (Å²) < 4.78 is 11.2. The van der Waals surface area contributed by atoms with Crippen LogP contribution in [0.25, 0.3) is 0 Å². The Labute approximate surface area is 255 Å². The van der Waals surface area contributed by atoms with Crippen molar-refractivity contribution in [3.8, 4) is 5.75 Å². The number of nitrogens with zero attached hydrogens (tertiary/aromatic N) is 2. The second kappa shape index (κ2) is 12.9. The molecule has 230 valence electrons. The standard InChI is InChI=1S/C37H54N2O3/c1-10-41-31-17-15-27(16-18-31)32-25-39(37(38-32)23-19-30(20-24-37)36(7,8)9)33(21-22-35(4,5)6)28-11-13-29(14-12-28)34(40)42-26(2)3/h11-18,26,30,33H,10,19-25H2,1-9H3. The fraction of sp³-hybridized carbons (Fsp3) is 0.622. The largest absolute Gasteiger partial charge is 0.494 e. The molecule has 0 saturated heterocycles. The number of benzene rings is 2. The second-order valence-electron chi connectivity index (χ2n) is 15.0. The molecule has 0 amide bonds. The predicted octanol–water partition coefficient (Wildman–Crippen LogP) is 9.26. The zero-order chi connectivity index (χ0) is 30.7. The van der Waals surface area contributed by atoms with Crippen molar-refractivity contribution in [2.24, 2.45) is 21.7 Å². The molecular weight excluding hydrogens is 520 g/mol. The van der Waals surface area contributed by atoms with E-state index in [-0.39, 0.29) is 29.2 Å². The Kier molecular flexibility index (Phi) is 9.92. The first-order valence-electron chi connectivity index (χ1n) is 16.1. The number of aliphatic imine (C=N–C) groups is 1. The van der Waals surface area contributed by atoms with Gasteiger partial charge in [-0.1, -0.05) is 53.7 Å². The summed E-state index contributed by atoms with van der Waals surface area (Å²) >= 11 is 0. The van der Waals surface area contributed by atoms with Gasteiger partial charge in [0, 0.05) is 12.6 Å². The van der Waals surface area contributed by atoms with Crippen LogP contribution in [0.1, 0.15) is 128 Å². The fourth-order valence-electron chi connectivity index (χ4n) is 6.67. The van der Waals surface area contributed by atoms with Gasteiger partial charge in [0.2, 0.25) is 0 Å². The zero-order valence-electron chi connectivity index (χ0n) is 27.6. The van der Waals surface area contributed by atoms with Gasteiger partial charge in [0.1, 0.15) is 11.4 Å². The van der Waals surface area contributed by atoms with Crippen LogP contribution in [0.4, 0.5) is 0 Å². The van der Waals surface area contributed by atoms with Crippen molar-refractivity contribution in [3.63, 3.8) is 0 Å². The summed E-state index contributed by atoms with van der Waals surface area (Å²) in [5.41, 5.74) is 4.52. The summed E-state index contributed by atoms with van der Waals surface area (Å²) in [7, 11) is 0. The number of hydrogen-bond donors (Lipinski definition) is 0. The van der Waals surface area contributed by atoms with Gasteiger partial charge in [0.15, 0.2) is 0 Å². The number of carbonyl (C=O) groups excluding carboxylic acids is 1. The van der Waals surface area contributed by atoms with Crippen LogP contribution in [-0.4, -0.2) is 41.5 Å². The van der Waals surface area contributed by atoms with Crippen molar-refractivity contribution in [2.45, 2.75) is 119 Å². The summed E-state index contributed by atoms with van der Waals surface area (Å²) in [5, 5.41) is 0. The smallest absolute Gasteiger partial charge is 0.338 e. The normalized spacial score (nSPS) is 22.3. The lowest BCUT2D eigenvalue weighted by molar-refractivity contribution is 0.00900. The van der Waals surface area contributed by atoms with Crippen LogP contribution in [0.3, 0.4) is 0 Å². The lowest BCUT2D eigenvalue weighted by Crippen LogP contribution is -2.49. The van der Waals surface area contributed by atoms with E-state index < -0.39 is 0 Å². The maximum atomic E-state index is 12.6. The van der Waals surface area contributed by atoms with E-state index in [9.17, 15) is 4.79 Å². The van der Waals surface area contributed by atoms with E-state index in [1.165, 1.54) is 29.7 Å². The third-order valence-electron chi connectivity index (χ3n) is 9.13. The SMILES string of the molecule is CCOc1ccc(C2=NC3(CCC(C(C)(C)C)CC3)N(C(CCC(C)(C)C)c3ccc(C(=O)OC(C)C)cc3)C2)cc1. The molecular formula is C37H54N2O3.